The van der Waals surface area contributed by atoms with Gasteiger partial charge in [-0.1, -0.05) is 18.2 Å². The van der Waals surface area contributed by atoms with Gasteiger partial charge in [-0.3, -0.25) is 0 Å². The van der Waals surface area contributed by atoms with Gasteiger partial charge >= 0.3 is 0 Å². The lowest BCUT2D eigenvalue weighted by atomic mass is 10.1. The highest BCUT2D eigenvalue weighted by Gasteiger charge is 2.18. The number of hydrogen-bond acceptors (Lipinski definition) is 3. The predicted octanol–water partition coefficient (Wildman–Crippen LogP) is 3.12. The first-order valence-corrected chi connectivity index (χ1v) is 6.66. The highest BCUT2D eigenvalue weighted by Crippen LogP contribution is 2.31. The molecule has 2 aromatic rings. The van der Waals surface area contributed by atoms with Crippen LogP contribution in [-0.2, 0) is 6.54 Å². The first-order chi connectivity index (χ1) is 9.65. The third kappa shape index (κ3) is 2.29. The second-order valence-electron chi connectivity index (χ2n) is 5.04. The first kappa shape index (κ1) is 12.8. The fourth-order valence-corrected chi connectivity index (χ4v) is 2.49. The average Bonchev–Trinajstić information content (AvgIpc) is 2.65. The fraction of sp³-hybridized carbons (Fsp3) is 0.250. The Hall–Kier alpha value is -2.23. The van der Waals surface area contributed by atoms with Crippen molar-refractivity contribution in [3.63, 3.8) is 0 Å². The number of nitrogen functional groups attached to an aromatic ring is 1. The van der Waals surface area contributed by atoms with Crippen molar-refractivity contribution in [3.8, 4) is 5.75 Å². The van der Waals surface area contributed by atoms with E-state index in [-0.39, 0.29) is 5.82 Å². The SMILES string of the molecule is Cc1cc(N2CCOc3ccccc3C2)c(N)cc1F. The van der Waals surface area contributed by atoms with Crippen LogP contribution in [0.5, 0.6) is 5.75 Å². The Labute approximate surface area is 117 Å². The summed E-state index contributed by atoms with van der Waals surface area (Å²) in [5.41, 5.74) is 9.02. The zero-order valence-electron chi connectivity index (χ0n) is 11.4. The number of ether oxygens (including phenoxy) is 1. The van der Waals surface area contributed by atoms with Gasteiger partial charge in [0.2, 0.25) is 0 Å². The normalized spacial score (nSPS) is 14.4. The maximum Gasteiger partial charge on any atom is 0.128 e. The summed E-state index contributed by atoms with van der Waals surface area (Å²) in [5, 5.41) is 0. The van der Waals surface area contributed by atoms with Gasteiger partial charge in [-0.25, -0.2) is 4.39 Å². The third-order valence-corrected chi connectivity index (χ3v) is 3.60. The van der Waals surface area contributed by atoms with E-state index in [1.165, 1.54) is 6.07 Å². The van der Waals surface area contributed by atoms with Crippen molar-refractivity contribution in [2.75, 3.05) is 23.8 Å². The Balaban J connectivity index is 1.97. The van der Waals surface area contributed by atoms with Crippen LogP contribution in [0.15, 0.2) is 36.4 Å². The van der Waals surface area contributed by atoms with Crippen LogP contribution in [0.25, 0.3) is 0 Å². The lowest BCUT2D eigenvalue weighted by Crippen LogP contribution is -2.26. The number of benzene rings is 2. The molecule has 0 amide bonds. The van der Waals surface area contributed by atoms with Gasteiger partial charge < -0.3 is 15.4 Å². The Bertz CT molecular complexity index is 642. The molecule has 2 N–H and O–H groups in total. The van der Waals surface area contributed by atoms with E-state index in [1.54, 1.807) is 13.0 Å². The number of fused-ring (bicyclic) bond motifs is 1. The van der Waals surface area contributed by atoms with Crippen LogP contribution in [-0.4, -0.2) is 13.2 Å². The molecule has 1 aliphatic heterocycles. The minimum Gasteiger partial charge on any atom is -0.491 e. The van der Waals surface area contributed by atoms with Gasteiger partial charge in [-0.15, -0.1) is 0 Å². The molecule has 1 aliphatic rings. The predicted molar refractivity (Wildman–Crippen MR) is 78.5 cm³/mol. The fourth-order valence-electron chi connectivity index (χ4n) is 2.49. The minimum atomic E-state index is -0.266. The summed E-state index contributed by atoms with van der Waals surface area (Å²) in [6, 6.07) is 11.2. The standard InChI is InChI=1S/C16H17FN2O/c1-11-8-15(14(18)9-13(11)17)19-6-7-20-16-5-3-2-4-12(16)10-19/h2-5,8-9H,6-7,10,18H2,1H3. The number of hydrogen-bond donors (Lipinski definition) is 1. The second-order valence-corrected chi connectivity index (χ2v) is 5.04. The van der Waals surface area contributed by atoms with E-state index in [0.717, 1.165) is 23.5 Å². The van der Waals surface area contributed by atoms with Gasteiger partial charge in [-0.05, 0) is 30.7 Å². The number of anilines is 2. The number of nitrogens with zero attached hydrogens (tertiary/aromatic N) is 1. The molecule has 104 valence electrons. The largest absolute Gasteiger partial charge is 0.491 e. The molecule has 0 bridgehead atoms. The van der Waals surface area contributed by atoms with Crippen LogP contribution in [0, 0.1) is 12.7 Å². The van der Waals surface area contributed by atoms with E-state index < -0.39 is 0 Å². The molecule has 0 radical (unpaired) electrons. The molecular weight excluding hydrogens is 255 g/mol. The number of aryl methyl sites for hydroxylation is 1. The van der Waals surface area contributed by atoms with Gasteiger partial charge in [0.15, 0.2) is 0 Å². The van der Waals surface area contributed by atoms with Gasteiger partial charge in [0.25, 0.3) is 0 Å². The van der Waals surface area contributed by atoms with Gasteiger partial charge in [0.1, 0.15) is 18.2 Å². The van der Waals surface area contributed by atoms with Crippen molar-refractivity contribution in [1.82, 2.24) is 0 Å². The number of halogens is 1. The van der Waals surface area contributed by atoms with Gasteiger partial charge in [0.05, 0.1) is 17.9 Å². The molecule has 3 rings (SSSR count). The summed E-state index contributed by atoms with van der Waals surface area (Å²) < 4.78 is 19.3. The Morgan fingerprint density at radius 1 is 1.25 bits per heavy atom. The van der Waals surface area contributed by atoms with Crippen molar-refractivity contribution in [2.45, 2.75) is 13.5 Å². The molecule has 3 nitrogen and oxygen atoms in total. The summed E-state index contributed by atoms with van der Waals surface area (Å²) in [5.74, 6) is 0.644. The Morgan fingerprint density at radius 3 is 2.90 bits per heavy atom. The van der Waals surface area contributed by atoms with Crippen LogP contribution < -0.4 is 15.4 Å². The van der Waals surface area contributed by atoms with Gasteiger partial charge in [0, 0.05) is 12.1 Å². The van der Waals surface area contributed by atoms with Crippen LogP contribution >= 0.6 is 0 Å². The number of rotatable bonds is 1. The minimum absolute atomic E-state index is 0.266. The summed E-state index contributed by atoms with van der Waals surface area (Å²) in [6.45, 7) is 3.78. The smallest absolute Gasteiger partial charge is 0.128 e. The van der Waals surface area contributed by atoms with Gasteiger partial charge in [-0.2, -0.15) is 0 Å². The Morgan fingerprint density at radius 2 is 2.05 bits per heavy atom. The van der Waals surface area contributed by atoms with E-state index in [2.05, 4.69) is 4.90 Å². The van der Waals surface area contributed by atoms with Crippen molar-refractivity contribution in [2.24, 2.45) is 0 Å². The zero-order valence-corrected chi connectivity index (χ0v) is 11.4. The molecule has 0 atom stereocenters. The molecule has 0 spiro atoms. The van der Waals surface area contributed by atoms with E-state index in [1.807, 2.05) is 24.3 Å². The van der Waals surface area contributed by atoms with Crippen molar-refractivity contribution in [3.05, 3.63) is 53.3 Å². The van der Waals surface area contributed by atoms with Crippen LogP contribution in [0.1, 0.15) is 11.1 Å². The Kier molecular flexibility index (Phi) is 3.22. The molecule has 0 unspecified atom stereocenters. The topological polar surface area (TPSA) is 38.5 Å². The summed E-state index contributed by atoms with van der Waals surface area (Å²) in [6.07, 6.45) is 0. The highest BCUT2D eigenvalue weighted by molar-refractivity contribution is 5.69. The lowest BCUT2D eigenvalue weighted by Gasteiger charge is -2.24. The van der Waals surface area contributed by atoms with E-state index in [9.17, 15) is 4.39 Å². The maximum atomic E-state index is 13.5. The molecule has 0 fully saturated rings. The van der Waals surface area contributed by atoms with Crippen molar-refractivity contribution < 1.29 is 9.13 Å². The molecule has 0 aliphatic carbocycles. The van der Waals surface area contributed by atoms with Crippen molar-refractivity contribution >= 4 is 11.4 Å². The maximum absolute atomic E-state index is 13.5. The summed E-state index contributed by atoms with van der Waals surface area (Å²) in [4.78, 5) is 2.13. The second kappa shape index (κ2) is 5.04. The lowest BCUT2D eigenvalue weighted by molar-refractivity contribution is 0.331. The molecule has 1 heterocycles. The number of nitrogens with two attached hydrogens (primary N) is 1. The summed E-state index contributed by atoms with van der Waals surface area (Å²) in [7, 11) is 0. The quantitative estimate of drug-likeness (QED) is 0.811. The molecule has 20 heavy (non-hydrogen) atoms. The third-order valence-electron chi connectivity index (χ3n) is 3.60. The molecule has 0 saturated carbocycles. The summed E-state index contributed by atoms with van der Waals surface area (Å²) >= 11 is 0. The van der Waals surface area contributed by atoms with E-state index in [4.69, 9.17) is 10.5 Å². The van der Waals surface area contributed by atoms with Crippen molar-refractivity contribution in [1.29, 1.82) is 0 Å². The monoisotopic (exact) mass is 272 g/mol. The molecular formula is C16H17FN2O. The van der Waals surface area contributed by atoms with E-state index in [0.29, 0.717) is 24.4 Å². The first-order valence-electron chi connectivity index (χ1n) is 6.66. The number of para-hydroxylation sites is 1. The average molecular weight is 272 g/mol. The van der Waals surface area contributed by atoms with Crippen LogP contribution in [0.4, 0.5) is 15.8 Å². The molecule has 4 heteroatoms. The zero-order chi connectivity index (χ0) is 14.1. The molecule has 0 saturated heterocycles. The molecule has 0 aromatic heterocycles. The highest BCUT2D eigenvalue weighted by atomic mass is 19.1. The van der Waals surface area contributed by atoms with Crippen LogP contribution in [0.2, 0.25) is 0 Å². The molecule has 2 aromatic carbocycles. The van der Waals surface area contributed by atoms with Crippen LogP contribution in [0.3, 0.4) is 0 Å². The van der Waals surface area contributed by atoms with E-state index >= 15 is 0 Å².